The minimum atomic E-state index is -0.484. The van der Waals surface area contributed by atoms with Gasteiger partial charge in [-0.2, -0.15) is 22.7 Å². The van der Waals surface area contributed by atoms with Crippen molar-refractivity contribution < 1.29 is 127 Å². The number of fused-ring (bicyclic) bond motifs is 15. The third-order valence-corrected chi connectivity index (χ3v) is 13.4. The molecular weight excluding hydrogens is 1900 g/mol. The van der Waals surface area contributed by atoms with Crippen LogP contribution >= 0.6 is 22.7 Å². The van der Waals surface area contributed by atoms with E-state index in [1.54, 1.807) is 28.9 Å². The molecule has 10 aromatic heterocycles. The first kappa shape index (κ1) is 60.2. The minimum absolute atomic E-state index is 0. The van der Waals surface area contributed by atoms with Crippen LogP contribution < -0.4 is 0 Å². The van der Waals surface area contributed by atoms with Crippen molar-refractivity contribution in [2.75, 3.05) is 0 Å². The zero-order chi connectivity index (χ0) is 48.6. The van der Waals surface area contributed by atoms with Crippen molar-refractivity contribution >= 4 is 129 Å². The Labute approximate surface area is 514 Å². The molecule has 10 heterocycles. The smallest absolute Gasteiger partial charge is 0.143 e. The summed E-state index contributed by atoms with van der Waals surface area (Å²) in [7, 11) is 0. The second kappa shape index (κ2) is 26.6. The fourth-order valence-corrected chi connectivity index (χ4v) is 10.3. The van der Waals surface area contributed by atoms with E-state index in [4.69, 9.17) is 13.3 Å². The molecule has 0 aliphatic carbocycles. The first-order valence-electron chi connectivity index (χ1n) is 22.3. The van der Waals surface area contributed by atoms with E-state index in [1.807, 2.05) is 105 Å². The average molecular weight is 1940 g/mol. The number of halogens is 2. The molecule has 0 spiro atoms. The molecule has 0 fully saturated rings. The van der Waals surface area contributed by atoms with Gasteiger partial charge in [0.25, 0.3) is 0 Å². The number of thiophene rings is 2. The number of aryl methyl sites for hydroxylation is 4. The van der Waals surface area contributed by atoms with Gasteiger partial charge in [-0.05, 0) is 55.3 Å². The van der Waals surface area contributed by atoms with Gasteiger partial charge < -0.3 is 33.2 Å². The molecule has 0 aliphatic rings. The van der Waals surface area contributed by atoms with Gasteiger partial charge in [-0.15, -0.1) is 119 Å². The summed E-state index contributed by atoms with van der Waals surface area (Å²) >= 11 is 3.56. The van der Waals surface area contributed by atoms with Crippen molar-refractivity contribution in [2.45, 2.75) is 27.7 Å². The van der Waals surface area contributed by atoms with Gasteiger partial charge in [0, 0.05) is 196 Å². The number of hydrogen-bond acceptors (Lipinski definition) is 10. The Hall–Kier alpha value is -5.01. The molecule has 0 unspecified atom stereocenters. The Kier molecular flexibility index (Phi) is 21.0. The van der Waals surface area contributed by atoms with Crippen LogP contribution in [0.1, 0.15) is 22.3 Å². The van der Waals surface area contributed by atoms with E-state index in [2.05, 4.69) is 93.4 Å². The van der Waals surface area contributed by atoms with E-state index >= 15 is 0 Å². The van der Waals surface area contributed by atoms with Gasteiger partial charge in [0.2, 0.25) is 0 Å². The summed E-state index contributed by atoms with van der Waals surface area (Å²) in [5, 5.41) is 4.78. The van der Waals surface area contributed by atoms with E-state index < -0.39 is 11.6 Å². The van der Waals surface area contributed by atoms with Crippen LogP contribution in [0.5, 0.6) is 0 Å². The maximum atomic E-state index is 12.9. The molecule has 17 heteroatoms. The third-order valence-electron chi connectivity index (χ3n) is 11.2. The van der Waals surface area contributed by atoms with E-state index in [1.165, 1.54) is 48.1 Å². The van der Waals surface area contributed by atoms with Gasteiger partial charge in [-0.25, -0.2) is 4.39 Å². The van der Waals surface area contributed by atoms with E-state index in [0.29, 0.717) is 22.1 Å². The van der Waals surface area contributed by atoms with E-state index in [9.17, 15) is 8.78 Å². The minimum Gasteiger partial charge on any atom is -0.509 e. The van der Waals surface area contributed by atoms with Crippen LogP contribution in [0.15, 0.2) is 159 Å². The molecule has 0 aliphatic heterocycles. The molecule has 76 heavy (non-hydrogen) atoms. The largest absolute Gasteiger partial charge is 0.509 e. The fraction of sp³-hybridized carbons (Fsp3) is 0.0678. The zero-order valence-corrected chi connectivity index (χ0v) is 53.0. The van der Waals surface area contributed by atoms with Gasteiger partial charge >= 0.3 is 0 Å². The number of furan rings is 3. The SMILES string of the molecule is Cc1c[c-]c2c(c1)oc1cc(C)cnc12.Cc1c[c-]c2c(c1)sc1cc(C)cnc12.Fc1c[c-]c2c(c1)oc1cc(F)cnc12.[Pt].[Pt].[Pt].[Pt].[Pt].[c-]1cccc2oc3cccnc3c12.[c-]1cccc2sc3cccnc3c12. The summed E-state index contributed by atoms with van der Waals surface area (Å²) in [6.45, 7) is 8.21. The van der Waals surface area contributed by atoms with Gasteiger partial charge in [0.1, 0.15) is 11.4 Å². The van der Waals surface area contributed by atoms with Crippen molar-refractivity contribution in [1.29, 1.82) is 0 Å². The number of hydrogen-bond donors (Lipinski definition) is 0. The predicted octanol–water partition coefficient (Wildman–Crippen LogP) is 16.3. The number of benzene rings is 5. The molecule has 0 N–H and O–H groups in total. The van der Waals surface area contributed by atoms with Crippen LogP contribution in [0, 0.1) is 69.7 Å². The Morgan fingerprint density at radius 1 is 0.368 bits per heavy atom. The quantitative estimate of drug-likeness (QED) is 0.138. The zero-order valence-electron chi connectivity index (χ0n) is 40.0. The predicted molar refractivity (Wildman–Crippen MR) is 282 cm³/mol. The van der Waals surface area contributed by atoms with Crippen molar-refractivity contribution in [3.05, 3.63) is 210 Å². The topological polar surface area (TPSA) is 104 Å². The number of rotatable bonds is 0. The van der Waals surface area contributed by atoms with E-state index in [-0.39, 0.29) is 105 Å². The first-order chi connectivity index (χ1) is 34.6. The maximum Gasteiger partial charge on any atom is 0.143 e. The maximum absolute atomic E-state index is 12.9. The molecular formula is C59H36F2N5O3Pt5S2-5. The molecule has 15 aromatic rings. The fourth-order valence-electron chi connectivity index (χ4n) is 8.00. The van der Waals surface area contributed by atoms with Gasteiger partial charge in [-0.1, -0.05) is 51.5 Å². The van der Waals surface area contributed by atoms with Crippen molar-refractivity contribution in [1.82, 2.24) is 24.9 Å². The standard InChI is InChI=1S/C13H10NO.C13H10NS.C11H4F2NO.C11H6NO.C11H6NS.5Pt/c2*1-8-3-4-10-11(5-8)15-12-6-9(2)7-14-13(10)12;12-6-1-2-8-9(3-6)15-10-4-7(13)5-14-11(8)10;2*1-2-5-9-8(4-1)11-10(13-9)6-3-7-12-11;;;;;/h2*3,5-7H,1-2H3;1,3-5H;2*1-3,5-7H;;;;;/q5*-1;;;;;. The number of pyridine rings is 5. The Morgan fingerprint density at radius 2 is 0.829 bits per heavy atom. The number of aromatic nitrogens is 5. The summed E-state index contributed by atoms with van der Waals surface area (Å²) < 4.78 is 47.2. The van der Waals surface area contributed by atoms with Crippen LogP contribution in [0.3, 0.4) is 0 Å². The van der Waals surface area contributed by atoms with Crippen LogP contribution in [0.2, 0.25) is 0 Å². The number of nitrogens with zero attached hydrogens (tertiary/aromatic N) is 5. The monoisotopic (exact) mass is 1940 g/mol. The molecule has 0 bridgehead atoms. The summed E-state index contributed by atoms with van der Waals surface area (Å²) in [6.07, 6.45) is 8.45. The summed E-state index contributed by atoms with van der Waals surface area (Å²) in [5.74, 6) is -0.927. The van der Waals surface area contributed by atoms with Gasteiger partial charge in [0.05, 0.1) is 17.4 Å². The van der Waals surface area contributed by atoms with Crippen LogP contribution in [-0.4, -0.2) is 24.9 Å². The second-order valence-electron chi connectivity index (χ2n) is 16.6. The average Bonchev–Trinajstić information content (AvgIpc) is 4.20. The molecule has 15 rings (SSSR count). The molecule has 396 valence electrons. The van der Waals surface area contributed by atoms with Crippen LogP contribution in [0.25, 0.3) is 107 Å². The Balaban J connectivity index is 0.000000152. The molecule has 0 saturated carbocycles. The first-order valence-corrected chi connectivity index (χ1v) is 23.9. The normalized spacial score (nSPS) is 10.5. The van der Waals surface area contributed by atoms with Crippen molar-refractivity contribution in [3.8, 4) is 0 Å². The van der Waals surface area contributed by atoms with E-state index in [0.717, 1.165) is 83.3 Å². The molecule has 5 aromatic carbocycles. The third kappa shape index (κ3) is 12.9. The molecule has 8 nitrogen and oxygen atoms in total. The summed E-state index contributed by atoms with van der Waals surface area (Å²) in [4.78, 5) is 21.3. The summed E-state index contributed by atoms with van der Waals surface area (Å²) in [5.41, 5.74) is 13.2. The van der Waals surface area contributed by atoms with Crippen LogP contribution in [0.4, 0.5) is 8.78 Å². The van der Waals surface area contributed by atoms with Gasteiger partial charge in [-0.3, -0.25) is 9.37 Å². The van der Waals surface area contributed by atoms with Crippen molar-refractivity contribution in [3.63, 3.8) is 0 Å². The van der Waals surface area contributed by atoms with Crippen molar-refractivity contribution in [2.24, 2.45) is 0 Å². The molecule has 0 atom stereocenters. The Morgan fingerprint density at radius 3 is 1.59 bits per heavy atom. The summed E-state index contributed by atoms with van der Waals surface area (Å²) in [6, 6.07) is 51.2. The second-order valence-corrected chi connectivity index (χ2v) is 18.8. The molecule has 0 amide bonds. The molecule has 0 radical (unpaired) electrons. The molecule has 0 saturated heterocycles. The van der Waals surface area contributed by atoms with Crippen LogP contribution in [-0.2, 0) is 105 Å². The Bertz CT molecular complexity index is 3790. The van der Waals surface area contributed by atoms with Gasteiger partial charge in [0.15, 0.2) is 0 Å².